The molecule has 0 amide bonds. The molecule has 1 aliphatic carbocycles. The van der Waals surface area contributed by atoms with Gasteiger partial charge in [-0.1, -0.05) is 0 Å². The van der Waals surface area contributed by atoms with Gasteiger partial charge in [0.1, 0.15) is 0 Å². The summed E-state index contributed by atoms with van der Waals surface area (Å²) in [5.74, 6) is 0.124. The van der Waals surface area contributed by atoms with Crippen molar-refractivity contribution in [3.8, 4) is 0 Å². The summed E-state index contributed by atoms with van der Waals surface area (Å²) >= 11 is -0.301. The second kappa shape index (κ2) is 9.34. The Kier molecular flexibility index (Phi) is 7.43. The summed E-state index contributed by atoms with van der Waals surface area (Å²) in [5, 5.41) is 0. The standard InChI is InChI=1S/C22H28O3Se/c1-16(2)18-13-10-17(11-14-18)12-15-20(23)22(3,21(24)25-4)26-19-8-6-5-7-9-19/h5-10,18H,1,11-15H2,2-4H3/t18-,22?/m1/s1. The maximum absolute atomic E-state index is 13.0. The van der Waals surface area contributed by atoms with Crippen LogP contribution in [0, 0.1) is 5.92 Å². The Bertz CT molecular complexity index is 693. The first-order valence-corrected chi connectivity index (χ1v) is 10.8. The van der Waals surface area contributed by atoms with Gasteiger partial charge in [0.2, 0.25) is 0 Å². The Morgan fingerprint density at radius 1 is 1.31 bits per heavy atom. The van der Waals surface area contributed by atoms with E-state index in [4.69, 9.17) is 4.74 Å². The molecular weight excluding hydrogens is 391 g/mol. The first-order valence-electron chi connectivity index (χ1n) is 9.06. The Morgan fingerprint density at radius 2 is 2.00 bits per heavy atom. The predicted molar refractivity (Wildman–Crippen MR) is 107 cm³/mol. The third-order valence-electron chi connectivity index (χ3n) is 5.05. The number of hydrogen-bond donors (Lipinski definition) is 0. The molecule has 0 spiro atoms. The number of Topliss-reactive ketones (excluding diaryl/α,β-unsaturated/α-hetero) is 1. The number of carbonyl (C=O) groups is 2. The van der Waals surface area contributed by atoms with Gasteiger partial charge in [0.25, 0.3) is 0 Å². The van der Waals surface area contributed by atoms with Gasteiger partial charge in [-0.3, -0.25) is 0 Å². The number of hydrogen-bond acceptors (Lipinski definition) is 3. The third kappa shape index (κ3) is 5.18. The van der Waals surface area contributed by atoms with Gasteiger partial charge >= 0.3 is 163 Å². The number of ketones is 1. The monoisotopic (exact) mass is 420 g/mol. The Morgan fingerprint density at radius 3 is 2.54 bits per heavy atom. The van der Waals surface area contributed by atoms with E-state index in [1.165, 1.54) is 18.3 Å². The molecule has 1 aromatic rings. The zero-order valence-corrected chi connectivity index (χ0v) is 17.6. The average Bonchev–Trinajstić information content (AvgIpc) is 2.66. The van der Waals surface area contributed by atoms with E-state index >= 15 is 0 Å². The fourth-order valence-corrected chi connectivity index (χ4v) is 5.61. The number of ether oxygens (including phenoxy) is 1. The minimum absolute atomic E-state index is 0.0175. The van der Waals surface area contributed by atoms with E-state index in [0.717, 1.165) is 30.1 Å². The molecule has 1 aromatic carbocycles. The van der Waals surface area contributed by atoms with E-state index in [1.54, 1.807) is 6.92 Å². The fraction of sp³-hybridized carbons (Fsp3) is 0.455. The Hall–Kier alpha value is -1.64. The van der Waals surface area contributed by atoms with Crippen LogP contribution in [-0.2, 0) is 14.3 Å². The summed E-state index contributed by atoms with van der Waals surface area (Å²) in [4.78, 5) is 25.4. The number of carbonyl (C=O) groups excluding carboxylic acids is 2. The summed E-state index contributed by atoms with van der Waals surface area (Å²) in [6, 6.07) is 9.74. The van der Waals surface area contributed by atoms with Crippen molar-refractivity contribution in [2.45, 2.75) is 50.3 Å². The molecule has 2 rings (SSSR count). The van der Waals surface area contributed by atoms with Crippen molar-refractivity contribution in [1.82, 2.24) is 0 Å². The van der Waals surface area contributed by atoms with Crippen molar-refractivity contribution >= 4 is 31.2 Å². The maximum atomic E-state index is 13.0. The number of rotatable bonds is 8. The van der Waals surface area contributed by atoms with E-state index in [9.17, 15) is 9.59 Å². The predicted octanol–water partition coefficient (Wildman–Crippen LogP) is 4.02. The second-order valence-electron chi connectivity index (χ2n) is 7.04. The Labute approximate surface area is 163 Å². The molecule has 0 N–H and O–H groups in total. The summed E-state index contributed by atoms with van der Waals surface area (Å²) in [5.41, 5.74) is 2.57. The summed E-state index contributed by atoms with van der Waals surface area (Å²) < 4.78 is 4.93. The van der Waals surface area contributed by atoms with E-state index < -0.39 is 10.3 Å². The van der Waals surface area contributed by atoms with Crippen molar-refractivity contribution in [2.75, 3.05) is 7.11 Å². The van der Waals surface area contributed by atoms with E-state index in [0.29, 0.717) is 12.3 Å². The topological polar surface area (TPSA) is 43.4 Å². The Balaban J connectivity index is 2.03. The quantitative estimate of drug-likeness (QED) is 0.277. The van der Waals surface area contributed by atoms with Crippen LogP contribution >= 0.6 is 0 Å². The van der Waals surface area contributed by atoms with Crippen LogP contribution in [0.5, 0.6) is 0 Å². The molecule has 0 heterocycles. The normalized spacial score (nSPS) is 19.2. The zero-order valence-electron chi connectivity index (χ0n) is 15.9. The van der Waals surface area contributed by atoms with E-state index in [1.807, 2.05) is 30.3 Å². The molecule has 0 saturated heterocycles. The van der Waals surface area contributed by atoms with E-state index in [2.05, 4.69) is 19.6 Å². The number of esters is 1. The van der Waals surface area contributed by atoms with Gasteiger partial charge in [-0.05, 0) is 0 Å². The second-order valence-corrected chi connectivity index (χ2v) is 10.2. The van der Waals surface area contributed by atoms with Crippen LogP contribution in [0.3, 0.4) is 0 Å². The molecule has 1 unspecified atom stereocenters. The van der Waals surface area contributed by atoms with Crippen LogP contribution in [0.1, 0.15) is 46.0 Å². The minimum atomic E-state index is -1.07. The average molecular weight is 419 g/mol. The van der Waals surface area contributed by atoms with Crippen LogP contribution in [0.4, 0.5) is 0 Å². The van der Waals surface area contributed by atoms with Gasteiger partial charge in [0.05, 0.1) is 0 Å². The van der Waals surface area contributed by atoms with Gasteiger partial charge in [0.15, 0.2) is 0 Å². The number of allylic oxidation sites excluding steroid dienone is 3. The van der Waals surface area contributed by atoms with Gasteiger partial charge in [-0.2, -0.15) is 0 Å². The third-order valence-corrected chi connectivity index (χ3v) is 7.80. The van der Waals surface area contributed by atoms with Gasteiger partial charge in [0, 0.05) is 0 Å². The molecule has 0 aliphatic heterocycles. The molecular formula is C22H28O3Se. The van der Waals surface area contributed by atoms with Crippen LogP contribution in [0.2, 0.25) is 4.31 Å². The van der Waals surface area contributed by atoms with Crippen molar-refractivity contribution in [3.63, 3.8) is 0 Å². The van der Waals surface area contributed by atoms with Crippen molar-refractivity contribution < 1.29 is 14.3 Å². The zero-order chi connectivity index (χ0) is 19.2. The molecule has 0 radical (unpaired) electrons. The molecule has 0 aromatic heterocycles. The summed E-state index contributed by atoms with van der Waals surface area (Å²) in [6.45, 7) is 7.87. The van der Waals surface area contributed by atoms with Crippen molar-refractivity contribution in [3.05, 3.63) is 54.1 Å². The molecule has 0 bridgehead atoms. The molecule has 1 aliphatic rings. The van der Waals surface area contributed by atoms with Crippen LogP contribution in [0.15, 0.2) is 54.1 Å². The fourth-order valence-electron chi connectivity index (χ4n) is 3.21. The van der Waals surface area contributed by atoms with E-state index in [-0.39, 0.29) is 20.7 Å². The number of benzene rings is 1. The molecule has 3 nitrogen and oxygen atoms in total. The van der Waals surface area contributed by atoms with Gasteiger partial charge < -0.3 is 0 Å². The molecule has 0 fully saturated rings. The van der Waals surface area contributed by atoms with Gasteiger partial charge in [-0.15, -0.1) is 0 Å². The first-order chi connectivity index (χ1) is 12.4. The molecule has 4 heteroatoms. The molecule has 0 saturated carbocycles. The van der Waals surface area contributed by atoms with Gasteiger partial charge in [-0.25, -0.2) is 0 Å². The van der Waals surface area contributed by atoms with Crippen LogP contribution in [-0.4, -0.2) is 33.8 Å². The van der Waals surface area contributed by atoms with Crippen molar-refractivity contribution in [1.29, 1.82) is 0 Å². The van der Waals surface area contributed by atoms with Crippen LogP contribution < -0.4 is 4.46 Å². The molecule has 26 heavy (non-hydrogen) atoms. The molecule has 2 atom stereocenters. The SMILES string of the molecule is C=C(C)[C@@H]1CC=C(CCC(=O)C(C)([Se]c2ccccc2)C(=O)OC)CC1. The summed E-state index contributed by atoms with van der Waals surface area (Å²) in [7, 11) is 1.36. The number of methoxy groups -OCH3 is 1. The molecule has 140 valence electrons. The van der Waals surface area contributed by atoms with Crippen LogP contribution in [0.25, 0.3) is 0 Å². The van der Waals surface area contributed by atoms with Crippen molar-refractivity contribution in [2.24, 2.45) is 5.92 Å². The summed E-state index contributed by atoms with van der Waals surface area (Å²) in [6.07, 6.45) is 6.53. The first kappa shape index (κ1) is 20.7.